The number of hydrogen-bond acceptors (Lipinski definition) is 3. The lowest BCUT2D eigenvalue weighted by Gasteiger charge is -2.20. The fourth-order valence-corrected chi connectivity index (χ4v) is 3.29. The van der Waals surface area contributed by atoms with E-state index in [0.29, 0.717) is 12.5 Å². The highest BCUT2D eigenvalue weighted by molar-refractivity contribution is 5.41. The Balaban J connectivity index is 2.05. The minimum atomic E-state index is 0.0429. The van der Waals surface area contributed by atoms with E-state index in [1.165, 1.54) is 11.1 Å². The van der Waals surface area contributed by atoms with Gasteiger partial charge in [0.15, 0.2) is 0 Å². The predicted molar refractivity (Wildman–Crippen MR) is 85.4 cm³/mol. The topological polar surface area (TPSA) is 51.8 Å². The van der Waals surface area contributed by atoms with Gasteiger partial charge in [0.2, 0.25) is 0 Å². The summed E-state index contributed by atoms with van der Waals surface area (Å²) < 4.78 is 0. The van der Waals surface area contributed by atoms with Crippen LogP contribution in [0.4, 0.5) is 0 Å². The van der Waals surface area contributed by atoms with Crippen molar-refractivity contribution < 1.29 is 0 Å². The molecule has 1 atom stereocenters. The van der Waals surface area contributed by atoms with E-state index >= 15 is 0 Å². The van der Waals surface area contributed by atoms with Crippen molar-refractivity contribution in [1.29, 1.82) is 0 Å². The Bertz CT molecular complexity index is 622. The summed E-state index contributed by atoms with van der Waals surface area (Å²) in [5, 5.41) is 0. The van der Waals surface area contributed by atoms with Gasteiger partial charge in [-0.15, -0.1) is 0 Å². The van der Waals surface area contributed by atoms with Crippen LogP contribution in [0.25, 0.3) is 0 Å². The zero-order valence-electron chi connectivity index (χ0n) is 13.1. The number of nitrogens with zero attached hydrogens (tertiary/aromatic N) is 2. The van der Waals surface area contributed by atoms with Gasteiger partial charge in [-0.2, -0.15) is 0 Å². The van der Waals surface area contributed by atoms with E-state index in [1.807, 2.05) is 0 Å². The van der Waals surface area contributed by atoms with Crippen LogP contribution in [-0.2, 0) is 5.41 Å². The van der Waals surface area contributed by atoms with Crippen molar-refractivity contribution in [2.75, 3.05) is 6.54 Å². The molecule has 1 aliphatic rings. The van der Waals surface area contributed by atoms with E-state index in [-0.39, 0.29) is 5.41 Å². The zero-order valence-corrected chi connectivity index (χ0v) is 13.1. The first-order valence-electron chi connectivity index (χ1n) is 7.69. The minimum absolute atomic E-state index is 0.0429. The molecule has 0 radical (unpaired) electrons. The fourth-order valence-electron chi connectivity index (χ4n) is 3.29. The molecule has 0 spiro atoms. The van der Waals surface area contributed by atoms with Gasteiger partial charge in [-0.05, 0) is 50.3 Å². The van der Waals surface area contributed by atoms with Crippen molar-refractivity contribution >= 4 is 0 Å². The van der Waals surface area contributed by atoms with Gasteiger partial charge >= 0.3 is 0 Å². The van der Waals surface area contributed by atoms with Crippen LogP contribution in [-0.4, -0.2) is 16.5 Å². The molecule has 3 heteroatoms. The SMILES string of the molecule is Cc1nc(C2(c3ccccc3)CC2)nc(C)c1C(C)CN. The third-order valence-corrected chi connectivity index (χ3v) is 4.68. The zero-order chi connectivity index (χ0) is 15.0. The van der Waals surface area contributed by atoms with Crippen LogP contribution in [0, 0.1) is 13.8 Å². The molecule has 0 bridgehead atoms. The molecule has 1 aromatic heterocycles. The molecule has 1 aromatic carbocycles. The molecule has 2 N–H and O–H groups in total. The molecular weight excluding hydrogens is 258 g/mol. The third kappa shape index (κ3) is 2.36. The second kappa shape index (κ2) is 5.23. The van der Waals surface area contributed by atoms with Crippen molar-refractivity contribution in [2.45, 2.75) is 44.9 Å². The minimum Gasteiger partial charge on any atom is -0.330 e. The normalized spacial score (nSPS) is 17.5. The maximum absolute atomic E-state index is 5.81. The molecule has 1 aliphatic carbocycles. The van der Waals surface area contributed by atoms with Gasteiger partial charge in [0.25, 0.3) is 0 Å². The summed E-state index contributed by atoms with van der Waals surface area (Å²) >= 11 is 0. The largest absolute Gasteiger partial charge is 0.330 e. The van der Waals surface area contributed by atoms with E-state index in [0.717, 1.165) is 30.1 Å². The van der Waals surface area contributed by atoms with Gasteiger partial charge < -0.3 is 5.73 Å². The average Bonchev–Trinajstić information content (AvgIpc) is 3.29. The number of aromatic nitrogens is 2. The highest BCUT2D eigenvalue weighted by atomic mass is 14.9. The number of nitrogens with two attached hydrogens (primary N) is 1. The Hall–Kier alpha value is -1.74. The van der Waals surface area contributed by atoms with Gasteiger partial charge in [0, 0.05) is 11.4 Å². The summed E-state index contributed by atoms with van der Waals surface area (Å²) in [7, 11) is 0. The Morgan fingerprint density at radius 3 is 2.14 bits per heavy atom. The Morgan fingerprint density at radius 2 is 1.67 bits per heavy atom. The molecule has 21 heavy (non-hydrogen) atoms. The lowest BCUT2D eigenvalue weighted by atomic mass is 9.93. The lowest BCUT2D eigenvalue weighted by molar-refractivity contribution is 0.697. The molecule has 3 rings (SSSR count). The highest BCUT2D eigenvalue weighted by Crippen LogP contribution is 2.52. The second-order valence-corrected chi connectivity index (χ2v) is 6.22. The van der Waals surface area contributed by atoms with Gasteiger partial charge in [0.05, 0.1) is 5.41 Å². The summed E-state index contributed by atoms with van der Waals surface area (Å²) in [4.78, 5) is 9.69. The molecule has 110 valence electrons. The molecule has 0 aliphatic heterocycles. The first-order valence-corrected chi connectivity index (χ1v) is 7.69. The molecule has 0 saturated heterocycles. The number of aryl methyl sites for hydroxylation is 2. The smallest absolute Gasteiger partial charge is 0.139 e. The number of hydrogen-bond donors (Lipinski definition) is 1. The van der Waals surface area contributed by atoms with Crippen LogP contribution < -0.4 is 5.73 Å². The summed E-state index contributed by atoms with van der Waals surface area (Å²) in [6.45, 7) is 6.94. The summed E-state index contributed by atoms with van der Waals surface area (Å²) in [5.41, 5.74) is 10.6. The second-order valence-electron chi connectivity index (χ2n) is 6.22. The quantitative estimate of drug-likeness (QED) is 0.936. The van der Waals surface area contributed by atoms with Crippen molar-refractivity contribution in [1.82, 2.24) is 9.97 Å². The average molecular weight is 281 g/mol. The Kier molecular flexibility index (Phi) is 3.54. The standard InChI is InChI=1S/C18H23N3/c1-12(11-19)16-13(2)20-17(21-14(16)3)18(9-10-18)15-7-5-4-6-8-15/h4-8,12H,9-11,19H2,1-3H3. The lowest BCUT2D eigenvalue weighted by Crippen LogP contribution is -2.19. The summed E-state index contributed by atoms with van der Waals surface area (Å²) in [6.07, 6.45) is 2.28. The van der Waals surface area contributed by atoms with Crippen LogP contribution in [0.3, 0.4) is 0 Å². The van der Waals surface area contributed by atoms with Crippen LogP contribution in [0.5, 0.6) is 0 Å². The van der Waals surface area contributed by atoms with E-state index in [1.54, 1.807) is 0 Å². The Labute approximate surface area is 126 Å². The van der Waals surface area contributed by atoms with Crippen molar-refractivity contribution in [3.8, 4) is 0 Å². The van der Waals surface area contributed by atoms with E-state index in [4.69, 9.17) is 15.7 Å². The fraction of sp³-hybridized carbons (Fsp3) is 0.444. The van der Waals surface area contributed by atoms with E-state index in [9.17, 15) is 0 Å². The molecule has 2 aromatic rings. The highest BCUT2D eigenvalue weighted by Gasteiger charge is 2.48. The molecule has 1 saturated carbocycles. The van der Waals surface area contributed by atoms with Crippen molar-refractivity contribution in [2.24, 2.45) is 5.73 Å². The molecule has 0 amide bonds. The Morgan fingerprint density at radius 1 is 1.10 bits per heavy atom. The third-order valence-electron chi connectivity index (χ3n) is 4.68. The molecule has 3 nitrogen and oxygen atoms in total. The first-order chi connectivity index (χ1) is 10.1. The van der Waals surface area contributed by atoms with Crippen LogP contribution >= 0.6 is 0 Å². The first kappa shape index (κ1) is 14.2. The van der Waals surface area contributed by atoms with Crippen molar-refractivity contribution in [3.63, 3.8) is 0 Å². The van der Waals surface area contributed by atoms with Crippen molar-refractivity contribution in [3.05, 3.63) is 58.7 Å². The monoisotopic (exact) mass is 281 g/mol. The number of rotatable bonds is 4. The van der Waals surface area contributed by atoms with E-state index < -0.39 is 0 Å². The molecule has 1 unspecified atom stereocenters. The number of benzene rings is 1. The summed E-state index contributed by atoms with van der Waals surface area (Å²) in [6, 6.07) is 10.6. The van der Waals surface area contributed by atoms with E-state index in [2.05, 4.69) is 51.1 Å². The van der Waals surface area contributed by atoms with Gasteiger partial charge in [0.1, 0.15) is 5.82 Å². The van der Waals surface area contributed by atoms with Crippen LogP contribution in [0.1, 0.15) is 54.0 Å². The molecule has 1 fully saturated rings. The van der Waals surface area contributed by atoms with Crippen LogP contribution in [0.15, 0.2) is 30.3 Å². The van der Waals surface area contributed by atoms with Crippen LogP contribution in [0.2, 0.25) is 0 Å². The maximum atomic E-state index is 5.81. The van der Waals surface area contributed by atoms with Gasteiger partial charge in [-0.25, -0.2) is 9.97 Å². The predicted octanol–water partition coefficient (Wildman–Crippen LogP) is 3.24. The maximum Gasteiger partial charge on any atom is 0.139 e. The molecular formula is C18H23N3. The van der Waals surface area contributed by atoms with Gasteiger partial charge in [-0.3, -0.25) is 0 Å². The molecule has 1 heterocycles. The summed E-state index contributed by atoms with van der Waals surface area (Å²) in [5.74, 6) is 1.29. The van der Waals surface area contributed by atoms with Gasteiger partial charge in [-0.1, -0.05) is 37.3 Å².